The Morgan fingerprint density at radius 3 is 1.64 bits per heavy atom. The third kappa shape index (κ3) is 4.45. The fourth-order valence-electron chi connectivity index (χ4n) is 7.19. The Kier molecular flexibility index (Phi) is 6.59. The molecular formula is C43H28O4. The lowest BCUT2D eigenvalue weighted by Crippen LogP contribution is -2.28. The first-order valence-corrected chi connectivity index (χ1v) is 15.4. The van der Waals surface area contributed by atoms with E-state index in [0.717, 1.165) is 44.8 Å². The predicted octanol–water partition coefficient (Wildman–Crippen LogP) is 9.69. The minimum absolute atomic E-state index is 0.473. The number of benzene rings is 7. The molecule has 7 aromatic rings. The fraction of sp³-hybridized carbons (Fsp3) is 0.0233. The van der Waals surface area contributed by atoms with Crippen LogP contribution in [-0.4, -0.2) is 11.9 Å². The zero-order valence-corrected chi connectivity index (χ0v) is 25.4. The number of hydrogen-bond donors (Lipinski definition) is 0. The molecule has 4 heteroatoms. The summed E-state index contributed by atoms with van der Waals surface area (Å²) in [5, 5.41) is 6.38. The van der Waals surface area contributed by atoms with Crippen molar-refractivity contribution in [3.8, 4) is 22.6 Å². The van der Waals surface area contributed by atoms with Gasteiger partial charge in [-0.05, 0) is 102 Å². The van der Waals surface area contributed by atoms with Gasteiger partial charge in [0.1, 0.15) is 11.5 Å². The molecule has 0 radical (unpaired) electrons. The summed E-state index contributed by atoms with van der Waals surface area (Å²) in [5.74, 6) is -0.0386. The van der Waals surface area contributed by atoms with Crippen LogP contribution in [0.5, 0.6) is 11.5 Å². The summed E-state index contributed by atoms with van der Waals surface area (Å²) in [7, 11) is 0. The second kappa shape index (κ2) is 11.0. The molecule has 1 aliphatic rings. The molecule has 0 saturated heterocycles. The SMILES string of the molecule is C=CC(=O)Oc1ccc2cc(C3(c4ccc5cc(OC(=O)C=C)ccc5c4)c4ccccc4-c4c3ccc3ccccc43)ccc2c1. The minimum atomic E-state index is -0.639. The maximum Gasteiger partial charge on any atom is 0.335 e. The first kappa shape index (κ1) is 28.2. The highest BCUT2D eigenvalue weighted by Crippen LogP contribution is 2.58. The third-order valence-electron chi connectivity index (χ3n) is 9.19. The van der Waals surface area contributed by atoms with Crippen molar-refractivity contribution in [3.63, 3.8) is 0 Å². The molecule has 47 heavy (non-hydrogen) atoms. The van der Waals surface area contributed by atoms with Crippen molar-refractivity contribution >= 4 is 44.3 Å². The summed E-state index contributed by atoms with van der Waals surface area (Å²) >= 11 is 0. The van der Waals surface area contributed by atoms with Crippen LogP contribution in [0.15, 0.2) is 159 Å². The molecule has 0 aliphatic heterocycles. The quantitative estimate of drug-likeness (QED) is 0.107. The van der Waals surface area contributed by atoms with Crippen molar-refractivity contribution in [3.05, 3.63) is 181 Å². The molecule has 0 amide bonds. The van der Waals surface area contributed by atoms with Crippen LogP contribution in [0.1, 0.15) is 22.3 Å². The molecule has 8 rings (SSSR count). The molecule has 0 N–H and O–H groups in total. The molecule has 0 heterocycles. The molecular weight excluding hydrogens is 580 g/mol. The van der Waals surface area contributed by atoms with Gasteiger partial charge in [0.15, 0.2) is 0 Å². The zero-order valence-electron chi connectivity index (χ0n) is 25.4. The van der Waals surface area contributed by atoms with E-state index in [2.05, 4.69) is 110 Å². The van der Waals surface area contributed by atoms with Crippen molar-refractivity contribution in [2.75, 3.05) is 0 Å². The monoisotopic (exact) mass is 608 g/mol. The lowest BCUT2D eigenvalue weighted by Gasteiger charge is -2.34. The van der Waals surface area contributed by atoms with Crippen LogP contribution in [0, 0.1) is 0 Å². The second-order valence-corrected chi connectivity index (χ2v) is 11.7. The summed E-state index contributed by atoms with van der Waals surface area (Å²) in [6.45, 7) is 7.01. The Bertz CT molecular complexity index is 2350. The highest BCUT2D eigenvalue weighted by atomic mass is 16.5. The van der Waals surface area contributed by atoms with Gasteiger partial charge in [-0.25, -0.2) is 9.59 Å². The van der Waals surface area contributed by atoms with Gasteiger partial charge in [0.05, 0.1) is 5.41 Å². The van der Waals surface area contributed by atoms with Crippen LogP contribution in [-0.2, 0) is 15.0 Å². The summed E-state index contributed by atoms with van der Waals surface area (Å²) in [6, 6.07) is 46.2. The van der Waals surface area contributed by atoms with Crippen LogP contribution < -0.4 is 9.47 Å². The fourth-order valence-corrected chi connectivity index (χ4v) is 7.19. The van der Waals surface area contributed by atoms with E-state index in [1.807, 2.05) is 36.4 Å². The van der Waals surface area contributed by atoms with Gasteiger partial charge in [-0.2, -0.15) is 0 Å². The van der Waals surface area contributed by atoms with Crippen LogP contribution in [0.25, 0.3) is 43.4 Å². The molecule has 1 aliphatic carbocycles. The Hall–Kier alpha value is -6.26. The lowest BCUT2D eigenvalue weighted by molar-refractivity contribution is -0.129. The average Bonchev–Trinajstić information content (AvgIpc) is 3.42. The van der Waals surface area contributed by atoms with E-state index in [4.69, 9.17) is 9.47 Å². The second-order valence-electron chi connectivity index (χ2n) is 11.7. The maximum absolute atomic E-state index is 11.9. The van der Waals surface area contributed by atoms with E-state index in [1.165, 1.54) is 33.0 Å². The first-order valence-electron chi connectivity index (χ1n) is 15.4. The van der Waals surface area contributed by atoms with Crippen molar-refractivity contribution < 1.29 is 19.1 Å². The van der Waals surface area contributed by atoms with E-state index < -0.39 is 17.4 Å². The van der Waals surface area contributed by atoms with Crippen molar-refractivity contribution in [1.82, 2.24) is 0 Å². The van der Waals surface area contributed by atoms with Gasteiger partial charge >= 0.3 is 11.9 Å². The Morgan fingerprint density at radius 2 is 1.02 bits per heavy atom. The molecule has 224 valence electrons. The van der Waals surface area contributed by atoms with Gasteiger partial charge in [0.25, 0.3) is 0 Å². The summed E-state index contributed by atoms with van der Waals surface area (Å²) < 4.78 is 10.8. The molecule has 0 unspecified atom stereocenters. The molecule has 4 nitrogen and oxygen atoms in total. The van der Waals surface area contributed by atoms with Gasteiger partial charge < -0.3 is 9.47 Å². The number of hydrogen-bond acceptors (Lipinski definition) is 4. The van der Waals surface area contributed by atoms with Crippen LogP contribution >= 0.6 is 0 Å². The number of carbonyl (C=O) groups excluding carboxylic acids is 2. The summed E-state index contributed by atoms with van der Waals surface area (Å²) in [6.07, 6.45) is 2.32. The van der Waals surface area contributed by atoms with Crippen molar-refractivity contribution in [2.45, 2.75) is 5.41 Å². The number of fused-ring (bicyclic) bond motifs is 7. The smallest absolute Gasteiger partial charge is 0.335 e. The molecule has 7 aromatic carbocycles. The molecule has 0 bridgehead atoms. The van der Waals surface area contributed by atoms with E-state index in [9.17, 15) is 9.59 Å². The highest BCUT2D eigenvalue weighted by molar-refractivity contribution is 6.04. The van der Waals surface area contributed by atoms with Crippen LogP contribution in [0.2, 0.25) is 0 Å². The molecule has 0 fully saturated rings. The summed E-state index contributed by atoms with van der Waals surface area (Å²) in [5.41, 5.74) is 6.47. The van der Waals surface area contributed by atoms with Crippen LogP contribution in [0.4, 0.5) is 0 Å². The van der Waals surface area contributed by atoms with Gasteiger partial charge in [-0.15, -0.1) is 0 Å². The Balaban J connectivity index is 1.41. The van der Waals surface area contributed by atoms with Gasteiger partial charge in [-0.3, -0.25) is 0 Å². The van der Waals surface area contributed by atoms with E-state index >= 15 is 0 Å². The number of esters is 2. The number of carbonyl (C=O) groups is 2. The van der Waals surface area contributed by atoms with Crippen LogP contribution in [0.3, 0.4) is 0 Å². The molecule has 0 spiro atoms. The third-order valence-corrected chi connectivity index (χ3v) is 9.19. The largest absolute Gasteiger partial charge is 0.423 e. The Labute approximate surface area is 271 Å². The first-order chi connectivity index (χ1) is 23.0. The zero-order chi connectivity index (χ0) is 32.1. The standard InChI is InChI=1S/C43H28O4/c1-3-40(44)46-34-20-15-28-23-32(18-13-30(28)25-34)43(33-19-14-31-26-35(47-41(45)4-2)21-16-29(31)24-33)38-12-8-7-11-37(38)42-36-10-6-5-9-27(36)17-22-39(42)43/h3-26H,1-2H2. The van der Waals surface area contributed by atoms with Crippen molar-refractivity contribution in [2.24, 2.45) is 0 Å². The topological polar surface area (TPSA) is 52.6 Å². The van der Waals surface area contributed by atoms with E-state index in [0.29, 0.717) is 11.5 Å². The number of rotatable bonds is 6. The van der Waals surface area contributed by atoms with Gasteiger partial charge in [0, 0.05) is 12.2 Å². The van der Waals surface area contributed by atoms with E-state index in [-0.39, 0.29) is 0 Å². The highest BCUT2D eigenvalue weighted by Gasteiger charge is 2.46. The normalized spacial score (nSPS) is 12.8. The minimum Gasteiger partial charge on any atom is -0.423 e. The molecule has 0 atom stereocenters. The lowest BCUT2D eigenvalue weighted by atomic mass is 9.67. The van der Waals surface area contributed by atoms with Gasteiger partial charge in [0.2, 0.25) is 0 Å². The van der Waals surface area contributed by atoms with Gasteiger partial charge in [-0.1, -0.05) is 110 Å². The number of ether oxygens (including phenoxy) is 2. The Morgan fingerprint density at radius 1 is 0.511 bits per heavy atom. The maximum atomic E-state index is 11.9. The average molecular weight is 609 g/mol. The van der Waals surface area contributed by atoms with E-state index in [1.54, 1.807) is 0 Å². The summed E-state index contributed by atoms with van der Waals surface area (Å²) in [4.78, 5) is 23.8. The molecule has 0 saturated carbocycles. The van der Waals surface area contributed by atoms with Crippen molar-refractivity contribution in [1.29, 1.82) is 0 Å². The molecule has 0 aromatic heterocycles. The predicted molar refractivity (Wildman–Crippen MR) is 188 cm³/mol.